The molecule has 3 heteroatoms. The molecule has 1 fully saturated rings. The summed E-state index contributed by atoms with van der Waals surface area (Å²) < 4.78 is 5.86. The highest BCUT2D eigenvalue weighted by molar-refractivity contribution is 6.05. The molecule has 132 valence electrons. The summed E-state index contributed by atoms with van der Waals surface area (Å²) in [5.41, 5.74) is 2.46. The maximum Gasteiger partial charge on any atom is 0.255 e. The smallest absolute Gasteiger partial charge is 0.255 e. The van der Waals surface area contributed by atoms with Gasteiger partial charge >= 0.3 is 0 Å². The number of aryl methyl sites for hydroxylation is 1. The van der Waals surface area contributed by atoms with Crippen molar-refractivity contribution in [1.29, 1.82) is 0 Å². The Morgan fingerprint density at radius 3 is 2.48 bits per heavy atom. The van der Waals surface area contributed by atoms with Gasteiger partial charge in [-0.05, 0) is 55.2 Å². The molecule has 0 aromatic heterocycles. The number of rotatable bonds is 6. The van der Waals surface area contributed by atoms with E-state index in [0.717, 1.165) is 35.9 Å². The van der Waals surface area contributed by atoms with Gasteiger partial charge in [-0.1, -0.05) is 50.3 Å². The van der Waals surface area contributed by atoms with E-state index in [1.54, 1.807) is 0 Å². The lowest BCUT2D eigenvalue weighted by Gasteiger charge is -2.21. The highest BCUT2D eigenvalue weighted by Crippen LogP contribution is 2.26. The number of anilines is 1. The summed E-state index contributed by atoms with van der Waals surface area (Å²) in [7, 11) is 0. The Kier molecular flexibility index (Phi) is 6.10. The molecule has 2 aromatic carbocycles. The average molecular weight is 337 g/mol. The van der Waals surface area contributed by atoms with E-state index in [1.807, 2.05) is 55.5 Å². The van der Waals surface area contributed by atoms with Crippen molar-refractivity contribution in [2.24, 2.45) is 5.92 Å². The van der Waals surface area contributed by atoms with Crippen LogP contribution < -0.4 is 10.1 Å². The summed E-state index contributed by atoms with van der Waals surface area (Å²) in [5.74, 6) is 1.62. The fraction of sp³-hybridized carbons (Fsp3) is 0.409. The first kappa shape index (κ1) is 17.5. The maximum absolute atomic E-state index is 12.3. The SMILES string of the molecule is Cc1ccccc1C(=O)Nc1ccc(OCCC2CCCCC2)cc1. The van der Waals surface area contributed by atoms with Crippen molar-refractivity contribution in [3.8, 4) is 5.75 Å². The molecular weight excluding hydrogens is 310 g/mol. The van der Waals surface area contributed by atoms with Crippen LogP contribution in [0.5, 0.6) is 5.75 Å². The van der Waals surface area contributed by atoms with Crippen LogP contribution in [0.2, 0.25) is 0 Å². The highest BCUT2D eigenvalue weighted by Gasteiger charge is 2.13. The molecule has 3 nitrogen and oxygen atoms in total. The number of hydrogen-bond donors (Lipinski definition) is 1. The second-order valence-electron chi connectivity index (χ2n) is 6.93. The number of nitrogens with one attached hydrogen (secondary N) is 1. The molecular formula is C22H27NO2. The van der Waals surface area contributed by atoms with Crippen LogP contribution in [0, 0.1) is 12.8 Å². The topological polar surface area (TPSA) is 38.3 Å². The molecule has 1 aliphatic rings. The van der Waals surface area contributed by atoms with Crippen LogP contribution in [0.1, 0.15) is 54.4 Å². The zero-order chi connectivity index (χ0) is 17.5. The summed E-state index contributed by atoms with van der Waals surface area (Å²) in [5, 5.41) is 2.94. The van der Waals surface area contributed by atoms with Gasteiger partial charge in [-0.25, -0.2) is 0 Å². The second kappa shape index (κ2) is 8.70. The third-order valence-corrected chi connectivity index (χ3v) is 5.02. The molecule has 1 saturated carbocycles. The van der Waals surface area contributed by atoms with E-state index in [4.69, 9.17) is 4.74 Å². The third-order valence-electron chi connectivity index (χ3n) is 5.02. The number of benzene rings is 2. The van der Waals surface area contributed by atoms with Crippen LogP contribution in [0.3, 0.4) is 0 Å². The van der Waals surface area contributed by atoms with Crippen LogP contribution in [0.25, 0.3) is 0 Å². The van der Waals surface area contributed by atoms with Crippen molar-refractivity contribution in [2.45, 2.75) is 45.4 Å². The van der Waals surface area contributed by atoms with E-state index < -0.39 is 0 Å². The summed E-state index contributed by atoms with van der Waals surface area (Å²) in [6.07, 6.45) is 8.00. The van der Waals surface area contributed by atoms with Crippen LogP contribution in [0.15, 0.2) is 48.5 Å². The van der Waals surface area contributed by atoms with Crippen LogP contribution in [-0.2, 0) is 0 Å². The van der Waals surface area contributed by atoms with E-state index in [-0.39, 0.29) is 5.91 Å². The number of amides is 1. The quantitative estimate of drug-likeness (QED) is 0.745. The van der Waals surface area contributed by atoms with Crippen molar-refractivity contribution >= 4 is 11.6 Å². The van der Waals surface area contributed by atoms with E-state index >= 15 is 0 Å². The molecule has 1 amide bonds. The van der Waals surface area contributed by atoms with Crippen LogP contribution in [0.4, 0.5) is 5.69 Å². The normalized spacial score (nSPS) is 14.9. The van der Waals surface area contributed by atoms with E-state index in [2.05, 4.69) is 5.32 Å². The minimum atomic E-state index is -0.0796. The van der Waals surface area contributed by atoms with Gasteiger partial charge in [0.25, 0.3) is 5.91 Å². The molecule has 1 aliphatic carbocycles. The van der Waals surface area contributed by atoms with Gasteiger partial charge in [0.1, 0.15) is 5.75 Å². The molecule has 0 atom stereocenters. The molecule has 2 aromatic rings. The van der Waals surface area contributed by atoms with E-state index in [9.17, 15) is 4.79 Å². The molecule has 0 unspecified atom stereocenters. The summed E-state index contributed by atoms with van der Waals surface area (Å²) in [4.78, 5) is 12.3. The predicted molar refractivity (Wildman–Crippen MR) is 102 cm³/mol. The standard InChI is InChI=1S/C22H27NO2/c1-17-7-5-6-10-21(17)22(24)23-19-11-13-20(14-12-19)25-16-15-18-8-3-2-4-9-18/h5-7,10-14,18H,2-4,8-9,15-16H2,1H3,(H,23,24). The first-order valence-electron chi connectivity index (χ1n) is 9.32. The Labute approximate surface area is 150 Å². The zero-order valence-electron chi connectivity index (χ0n) is 15.0. The molecule has 3 rings (SSSR count). The Bertz CT molecular complexity index is 687. The van der Waals surface area contributed by atoms with Gasteiger partial charge in [-0.15, -0.1) is 0 Å². The monoisotopic (exact) mass is 337 g/mol. The number of hydrogen-bond acceptors (Lipinski definition) is 2. The minimum Gasteiger partial charge on any atom is -0.494 e. The molecule has 1 N–H and O–H groups in total. The van der Waals surface area contributed by atoms with Gasteiger partial charge < -0.3 is 10.1 Å². The van der Waals surface area contributed by atoms with Gasteiger partial charge in [-0.2, -0.15) is 0 Å². The van der Waals surface area contributed by atoms with Gasteiger partial charge in [0, 0.05) is 11.3 Å². The molecule has 25 heavy (non-hydrogen) atoms. The number of carbonyl (C=O) groups is 1. The maximum atomic E-state index is 12.3. The lowest BCUT2D eigenvalue weighted by molar-refractivity contribution is 0.102. The number of carbonyl (C=O) groups excluding carboxylic acids is 1. The Balaban J connectivity index is 1.48. The van der Waals surface area contributed by atoms with Crippen molar-refractivity contribution in [3.63, 3.8) is 0 Å². The molecule has 0 spiro atoms. The molecule has 0 bridgehead atoms. The molecule has 0 aliphatic heterocycles. The van der Waals surface area contributed by atoms with Gasteiger partial charge in [0.2, 0.25) is 0 Å². The van der Waals surface area contributed by atoms with Crippen molar-refractivity contribution in [3.05, 3.63) is 59.7 Å². The summed E-state index contributed by atoms with van der Waals surface area (Å²) in [6.45, 7) is 2.72. The first-order chi connectivity index (χ1) is 12.2. The van der Waals surface area contributed by atoms with E-state index in [1.165, 1.54) is 32.1 Å². The summed E-state index contributed by atoms with van der Waals surface area (Å²) in [6, 6.07) is 15.2. The summed E-state index contributed by atoms with van der Waals surface area (Å²) >= 11 is 0. The third kappa shape index (κ3) is 5.09. The lowest BCUT2D eigenvalue weighted by atomic mass is 9.87. The highest BCUT2D eigenvalue weighted by atomic mass is 16.5. The molecule has 0 radical (unpaired) electrons. The molecule has 0 heterocycles. The second-order valence-corrected chi connectivity index (χ2v) is 6.93. The van der Waals surface area contributed by atoms with Crippen molar-refractivity contribution in [1.82, 2.24) is 0 Å². The number of ether oxygens (including phenoxy) is 1. The van der Waals surface area contributed by atoms with Crippen LogP contribution >= 0.6 is 0 Å². The zero-order valence-corrected chi connectivity index (χ0v) is 15.0. The van der Waals surface area contributed by atoms with Crippen LogP contribution in [-0.4, -0.2) is 12.5 Å². The van der Waals surface area contributed by atoms with Crippen molar-refractivity contribution in [2.75, 3.05) is 11.9 Å². The Morgan fingerprint density at radius 1 is 1.04 bits per heavy atom. The molecule has 0 saturated heterocycles. The largest absolute Gasteiger partial charge is 0.494 e. The minimum absolute atomic E-state index is 0.0796. The van der Waals surface area contributed by atoms with Gasteiger partial charge in [0.15, 0.2) is 0 Å². The van der Waals surface area contributed by atoms with Gasteiger partial charge in [0.05, 0.1) is 6.61 Å². The van der Waals surface area contributed by atoms with Gasteiger partial charge in [-0.3, -0.25) is 4.79 Å². The predicted octanol–water partition coefficient (Wildman–Crippen LogP) is 5.60. The fourth-order valence-electron chi connectivity index (χ4n) is 3.48. The first-order valence-corrected chi connectivity index (χ1v) is 9.32. The Hall–Kier alpha value is -2.29. The van der Waals surface area contributed by atoms with Crippen molar-refractivity contribution < 1.29 is 9.53 Å². The Morgan fingerprint density at radius 2 is 1.76 bits per heavy atom. The fourth-order valence-corrected chi connectivity index (χ4v) is 3.48. The lowest BCUT2D eigenvalue weighted by Crippen LogP contribution is -2.13. The average Bonchev–Trinajstić information content (AvgIpc) is 2.64. The van der Waals surface area contributed by atoms with E-state index in [0.29, 0.717) is 5.56 Å².